The van der Waals surface area contributed by atoms with Crippen LogP contribution < -0.4 is 15.3 Å². The fourth-order valence-corrected chi connectivity index (χ4v) is 2.90. The summed E-state index contributed by atoms with van der Waals surface area (Å²) in [7, 11) is 1.61. The second-order valence-corrected chi connectivity index (χ2v) is 6.74. The Balaban J connectivity index is 1.47. The Hall–Kier alpha value is -2.76. The summed E-state index contributed by atoms with van der Waals surface area (Å²) in [6, 6.07) is 17.5. The Kier molecular flexibility index (Phi) is 9.69. The minimum absolute atomic E-state index is 0.0310. The predicted molar refractivity (Wildman–Crippen MR) is 115 cm³/mol. The summed E-state index contributed by atoms with van der Waals surface area (Å²) in [5.41, 5.74) is 1.58. The first kappa shape index (κ1) is 21.5. The van der Waals surface area contributed by atoms with Crippen LogP contribution in [0.15, 0.2) is 48.5 Å². The lowest BCUT2D eigenvalue weighted by molar-refractivity contribution is -0.117. The molecule has 2 rings (SSSR count). The smallest absolute Gasteiger partial charge is 0.322 e. The van der Waals surface area contributed by atoms with Crippen LogP contribution in [0.3, 0.4) is 0 Å². The number of anilines is 2. The molecule has 5 nitrogen and oxygen atoms in total. The van der Waals surface area contributed by atoms with E-state index in [0.29, 0.717) is 12.8 Å². The number of nitrogens with one attached hydrogen (secondary N) is 2. The summed E-state index contributed by atoms with van der Waals surface area (Å²) in [4.78, 5) is 23.8. The lowest BCUT2D eigenvalue weighted by atomic mass is 10.1. The van der Waals surface area contributed by atoms with E-state index in [2.05, 4.69) is 16.7 Å². The van der Waals surface area contributed by atoms with Gasteiger partial charge in [-0.3, -0.25) is 9.59 Å². The standard InChI is InChI=1S/C22H28BN2O3/c23-28-20-14-10-13-19(17-20)25-22(27)16-9-4-2-1-3-8-15-21(26)24-18-11-6-5-7-12-18/h6-7,10-14,17H,1-4,8-9,15-16,23H2,(H,24,26)(H,25,27). The number of benzene rings is 2. The quantitative estimate of drug-likeness (QED) is 0.431. The van der Waals surface area contributed by atoms with Crippen LogP contribution in [0.4, 0.5) is 11.4 Å². The maximum atomic E-state index is 12.0. The summed E-state index contributed by atoms with van der Waals surface area (Å²) in [6.07, 6.45) is 7.07. The van der Waals surface area contributed by atoms with E-state index in [1.54, 1.807) is 20.2 Å². The van der Waals surface area contributed by atoms with Crippen LogP contribution in [0, 0.1) is 6.07 Å². The van der Waals surface area contributed by atoms with Crippen molar-refractivity contribution < 1.29 is 14.2 Å². The fraction of sp³-hybridized carbons (Fsp3) is 0.364. The average Bonchev–Trinajstić information content (AvgIpc) is 2.71. The number of amides is 2. The minimum Gasteiger partial charge on any atom is -0.568 e. The van der Waals surface area contributed by atoms with Crippen LogP contribution >= 0.6 is 0 Å². The molecule has 0 bridgehead atoms. The maximum Gasteiger partial charge on any atom is 0.322 e. The Morgan fingerprint density at radius 1 is 0.821 bits per heavy atom. The second-order valence-electron chi connectivity index (χ2n) is 6.74. The molecule has 2 aromatic rings. The normalized spacial score (nSPS) is 10.3. The number of hydrogen-bond donors (Lipinski definition) is 2. The van der Waals surface area contributed by atoms with Crippen LogP contribution in [0.25, 0.3) is 0 Å². The van der Waals surface area contributed by atoms with E-state index in [1.165, 1.54) is 0 Å². The molecular formula is C22H28BN2O3. The lowest BCUT2D eigenvalue weighted by Crippen LogP contribution is -2.11. The van der Waals surface area contributed by atoms with E-state index < -0.39 is 0 Å². The van der Waals surface area contributed by atoms with Crippen LogP contribution in [-0.4, -0.2) is 19.9 Å². The Bertz CT molecular complexity index is 738. The zero-order valence-corrected chi connectivity index (χ0v) is 16.5. The molecule has 2 aromatic carbocycles. The summed E-state index contributed by atoms with van der Waals surface area (Å²) in [5, 5.41) is 5.78. The van der Waals surface area contributed by atoms with Gasteiger partial charge in [-0.15, -0.1) is 0 Å². The summed E-state index contributed by atoms with van der Waals surface area (Å²) < 4.78 is 5.15. The van der Waals surface area contributed by atoms with Crippen molar-refractivity contribution in [2.75, 3.05) is 10.6 Å². The first-order valence-corrected chi connectivity index (χ1v) is 9.87. The van der Waals surface area contributed by atoms with Crippen molar-refractivity contribution in [2.45, 2.75) is 51.4 Å². The first-order chi connectivity index (χ1) is 13.7. The molecule has 0 aliphatic rings. The molecule has 0 saturated heterocycles. The summed E-state index contributed by atoms with van der Waals surface area (Å²) >= 11 is 0. The van der Waals surface area contributed by atoms with Crippen molar-refractivity contribution in [3.8, 4) is 5.75 Å². The van der Waals surface area contributed by atoms with Crippen LogP contribution in [-0.2, 0) is 9.59 Å². The lowest BCUT2D eigenvalue weighted by Gasteiger charge is -2.07. The van der Waals surface area contributed by atoms with Gasteiger partial charge in [0.1, 0.15) is 5.75 Å². The molecule has 147 valence electrons. The van der Waals surface area contributed by atoms with Gasteiger partial charge in [0, 0.05) is 30.3 Å². The number of unbranched alkanes of at least 4 members (excludes halogenated alkanes) is 5. The molecule has 0 aliphatic heterocycles. The summed E-state index contributed by atoms with van der Waals surface area (Å²) in [5.74, 6) is 0.817. The van der Waals surface area contributed by atoms with Crippen molar-refractivity contribution in [1.82, 2.24) is 0 Å². The van der Waals surface area contributed by atoms with Gasteiger partial charge >= 0.3 is 8.05 Å². The highest BCUT2D eigenvalue weighted by atomic mass is 16.4. The Morgan fingerprint density at radius 2 is 1.39 bits per heavy atom. The third-order valence-electron chi connectivity index (χ3n) is 4.41. The molecule has 1 radical (unpaired) electrons. The van der Waals surface area contributed by atoms with Gasteiger partial charge in [0.05, 0.1) is 0 Å². The van der Waals surface area contributed by atoms with Crippen molar-refractivity contribution in [3.05, 3.63) is 54.6 Å². The van der Waals surface area contributed by atoms with E-state index in [0.717, 1.165) is 55.6 Å². The molecule has 0 aromatic heterocycles. The molecule has 2 amide bonds. The van der Waals surface area contributed by atoms with E-state index in [4.69, 9.17) is 4.65 Å². The average molecular weight is 379 g/mol. The molecular weight excluding hydrogens is 351 g/mol. The highest BCUT2D eigenvalue weighted by Gasteiger charge is 2.04. The zero-order chi connectivity index (χ0) is 20.0. The SMILES string of the molecule is BOc1cccc(NC(=O)CCCCCCCCC(=O)Nc2cc[c]cc2)c1. The van der Waals surface area contributed by atoms with Crippen LogP contribution in [0.2, 0.25) is 0 Å². The maximum absolute atomic E-state index is 12.0. The largest absolute Gasteiger partial charge is 0.568 e. The first-order valence-electron chi connectivity index (χ1n) is 9.87. The van der Waals surface area contributed by atoms with E-state index >= 15 is 0 Å². The van der Waals surface area contributed by atoms with Crippen LogP contribution in [0.1, 0.15) is 51.4 Å². The van der Waals surface area contributed by atoms with Crippen molar-refractivity contribution >= 4 is 31.2 Å². The van der Waals surface area contributed by atoms with Gasteiger partial charge in [0.25, 0.3) is 0 Å². The van der Waals surface area contributed by atoms with Gasteiger partial charge in [-0.2, -0.15) is 0 Å². The van der Waals surface area contributed by atoms with Gasteiger partial charge in [-0.25, -0.2) is 0 Å². The van der Waals surface area contributed by atoms with Crippen molar-refractivity contribution in [1.29, 1.82) is 0 Å². The Morgan fingerprint density at radius 3 is 2.00 bits per heavy atom. The van der Waals surface area contributed by atoms with Crippen LogP contribution in [0.5, 0.6) is 5.75 Å². The zero-order valence-electron chi connectivity index (χ0n) is 16.5. The molecule has 0 aliphatic carbocycles. The van der Waals surface area contributed by atoms with Crippen molar-refractivity contribution in [3.63, 3.8) is 0 Å². The number of hydrogen-bond acceptors (Lipinski definition) is 3. The third-order valence-corrected chi connectivity index (χ3v) is 4.41. The predicted octanol–water partition coefficient (Wildman–Crippen LogP) is 4.11. The molecule has 0 heterocycles. The van der Waals surface area contributed by atoms with E-state index in [9.17, 15) is 9.59 Å². The molecule has 6 heteroatoms. The molecule has 0 atom stereocenters. The highest BCUT2D eigenvalue weighted by molar-refractivity contribution is 6.00. The molecule has 0 spiro atoms. The van der Waals surface area contributed by atoms with Gasteiger partial charge in [-0.05, 0) is 43.2 Å². The third kappa shape index (κ3) is 8.76. The topological polar surface area (TPSA) is 67.4 Å². The molecule has 28 heavy (non-hydrogen) atoms. The monoisotopic (exact) mass is 379 g/mol. The van der Waals surface area contributed by atoms with Gasteiger partial charge < -0.3 is 15.3 Å². The van der Waals surface area contributed by atoms with E-state index in [-0.39, 0.29) is 11.8 Å². The number of rotatable bonds is 12. The van der Waals surface area contributed by atoms with Gasteiger partial charge in [-0.1, -0.05) is 43.9 Å². The molecule has 0 saturated carbocycles. The molecule has 2 N–H and O–H groups in total. The molecule has 0 unspecified atom stereocenters. The second kappa shape index (κ2) is 12.6. The van der Waals surface area contributed by atoms with E-state index in [1.807, 2.05) is 36.4 Å². The molecule has 0 fully saturated rings. The number of carbonyl (C=O) groups excluding carboxylic acids is 2. The highest BCUT2D eigenvalue weighted by Crippen LogP contribution is 2.17. The number of carbonyl (C=O) groups is 2. The van der Waals surface area contributed by atoms with Crippen molar-refractivity contribution in [2.24, 2.45) is 0 Å². The fourth-order valence-electron chi connectivity index (χ4n) is 2.90. The van der Waals surface area contributed by atoms with Gasteiger partial charge in [0.2, 0.25) is 11.8 Å². The minimum atomic E-state index is 0.0310. The Labute approximate surface area is 168 Å². The summed E-state index contributed by atoms with van der Waals surface area (Å²) in [6.45, 7) is 0. The van der Waals surface area contributed by atoms with Gasteiger partial charge in [0.15, 0.2) is 0 Å².